The number of imidazole rings is 1. The van der Waals surface area contributed by atoms with Crippen LogP contribution in [0.25, 0.3) is 4.96 Å². The Morgan fingerprint density at radius 2 is 2.26 bits per heavy atom. The Labute approximate surface area is 114 Å². The summed E-state index contributed by atoms with van der Waals surface area (Å²) < 4.78 is 6.44. The van der Waals surface area contributed by atoms with Gasteiger partial charge in [0.1, 0.15) is 6.54 Å². The number of carbonyl (C=O) groups is 2. The zero-order valence-electron chi connectivity index (χ0n) is 11.0. The second-order valence-electron chi connectivity index (χ2n) is 4.26. The van der Waals surface area contributed by atoms with Crippen LogP contribution in [-0.2, 0) is 20.7 Å². The van der Waals surface area contributed by atoms with Gasteiger partial charge in [0.15, 0.2) is 4.96 Å². The maximum atomic E-state index is 12.0. The number of hydrogen-bond acceptors (Lipinski definition) is 5. The van der Waals surface area contributed by atoms with E-state index < -0.39 is 5.97 Å². The third-order valence-corrected chi connectivity index (χ3v) is 3.64. The Morgan fingerprint density at radius 1 is 1.53 bits per heavy atom. The van der Waals surface area contributed by atoms with Gasteiger partial charge in [0, 0.05) is 24.3 Å². The van der Waals surface area contributed by atoms with Crippen LogP contribution < -0.4 is 0 Å². The fraction of sp³-hybridized carbons (Fsp3) is 0.417. The van der Waals surface area contributed by atoms with Gasteiger partial charge >= 0.3 is 5.97 Å². The summed E-state index contributed by atoms with van der Waals surface area (Å²) in [6, 6.07) is 0. The molecule has 0 unspecified atom stereocenters. The molecular weight excluding hydrogens is 266 g/mol. The van der Waals surface area contributed by atoms with E-state index in [0.29, 0.717) is 0 Å². The molecule has 0 atom stereocenters. The quantitative estimate of drug-likeness (QED) is 0.780. The molecule has 0 saturated carbocycles. The second kappa shape index (κ2) is 5.40. The zero-order chi connectivity index (χ0) is 14.0. The van der Waals surface area contributed by atoms with Gasteiger partial charge in [-0.05, 0) is 6.92 Å². The minimum Gasteiger partial charge on any atom is -0.468 e. The Hall–Kier alpha value is -1.89. The van der Waals surface area contributed by atoms with E-state index in [1.165, 1.54) is 23.3 Å². The van der Waals surface area contributed by atoms with Gasteiger partial charge in [-0.3, -0.25) is 14.0 Å². The monoisotopic (exact) mass is 281 g/mol. The van der Waals surface area contributed by atoms with Crippen LogP contribution in [0.15, 0.2) is 11.6 Å². The molecule has 102 valence electrons. The van der Waals surface area contributed by atoms with Crippen LogP contribution in [0.3, 0.4) is 0 Å². The number of hydrogen-bond donors (Lipinski definition) is 0. The van der Waals surface area contributed by atoms with E-state index in [9.17, 15) is 9.59 Å². The average Bonchev–Trinajstić information content (AvgIpc) is 2.89. The molecule has 0 aliphatic carbocycles. The van der Waals surface area contributed by atoms with Crippen molar-refractivity contribution < 1.29 is 14.3 Å². The summed E-state index contributed by atoms with van der Waals surface area (Å²) in [6.07, 6.45) is 2.14. The van der Waals surface area contributed by atoms with E-state index in [4.69, 9.17) is 0 Å². The number of carbonyl (C=O) groups excluding carboxylic acids is 2. The van der Waals surface area contributed by atoms with Crippen molar-refractivity contribution >= 4 is 28.2 Å². The van der Waals surface area contributed by atoms with Crippen LogP contribution in [0.4, 0.5) is 0 Å². The first-order valence-electron chi connectivity index (χ1n) is 5.74. The normalized spacial score (nSPS) is 10.7. The smallest absolute Gasteiger partial charge is 0.325 e. The van der Waals surface area contributed by atoms with Gasteiger partial charge in [-0.25, -0.2) is 4.98 Å². The van der Waals surface area contributed by atoms with Crippen LogP contribution in [0.1, 0.15) is 11.4 Å². The van der Waals surface area contributed by atoms with Crippen molar-refractivity contribution in [2.45, 2.75) is 13.3 Å². The highest BCUT2D eigenvalue weighted by atomic mass is 32.1. The van der Waals surface area contributed by atoms with Crippen molar-refractivity contribution in [2.75, 3.05) is 20.7 Å². The van der Waals surface area contributed by atoms with Crippen molar-refractivity contribution in [1.82, 2.24) is 14.3 Å². The van der Waals surface area contributed by atoms with E-state index in [2.05, 4.69) is 9.72 Å². The maximum Gasteiger partial charge on any atom is 0.325 e. The van der Waals surface area contributed by atoms with Crippen molar-refractivity contribution in [3.05, 3.63) is 23.0 Å². The number of amides is 1. The highest BCUT2D eigenvalue weighted by Gasteiger charge is 2.16. The van der Waals surface area contributed by atoms with Crippen molar-refractivity contribution in [3.63, 3.8) is 0 Å². The summed E-state index contributed by atoms with van der Waals surface area (Å²) in [5, 5.41) is 1.91. The highest BCUT2D eigenvalue weighted by molar-refractivity contribution is 7.15. The number of esters is 1. The molecule has 0 bridgehead atoms. The minimum atomic E-state index is -0.426. The van der Waals surface area contributed by atoms with Crippen LogP contribution in [0.2, 0.25) is 0 Å². The SMILES string of the molecule is COC(=O)CN(C)C(=O)Cc1csc2nc(C)cn12. The molecule has 0 aliphatic heterocycles. The van der Waals surface area contributed by atoms with Gasteiger partial charge in [-0.2, -0.15) is 0 Å². The molecule has 19 heavy (non-hydrogen) atoms. The van der Waals surface area contributed by atoms with E-state index in [1.54, 1.807) is 7.05 Å². The van der Waals surface area contributed by atoms with Gasteiger partial charge < -0.3 is 9.64 Å². The van der Waals surface area contributed by atoms with Gasteiger partial charge in [-0.1, -0.05) is 0 Å². The van der Waals surface area contributed by atoms with Crippen LogP contribution >= 0.6 is 11.3 Å². The Balaban J connectivity index is 2.07. The number of methoxy groups -OCH3 is 1. The van der Waals surface area contributed by atoms with Gasteiger partial charge in [-0.15, -0.1) is 11.3 Å². The van der Waals surface area contributed by atoms with Crippen molar-refractivity contribution in [1.29, 1.82) is 0 Å². The fourth-order valence-corrected chi connectivity index (χ4v) is 2.62. The molecule has 2 aromatic rings. The largest absolute Gasteiger partial charge is 0.468 e. The first-order chi connectivity index (χ1) is 9.01. The third kappa shape index (κ3) is 2.93. The molecule has 0 N–H and O–H groups in total. The lowest BCUT2D eigenvalue weighted by atomic mass is 10.3. The molecule has 1 amide bonds. The molecule has 6 nitrogen and oxygen atoms in total. The number of likely N-dealkylation sites (N-methyl/N-ethyl adjacent to an activating group) is 1. The van der Waals surface area contributed by atoms with E-state index >= 15 is 0 Å². The minimum absolute atomic E-state index is 0.0361. The summed E-state index contributed by atoms with van der Waals surface area (Å²) in [7, 11) is 2.89. The lowest BCUT2D eigenvalue weighted by Crippen LogP contribution is -2.33. The second-order valence-corrected chi connectivity index (χ2v) is 5.10. The van der Waals surface area contributed by atoms with Crippen LogP contribution in [0.5, 0.6) is 0 Å². The molecule has 0 spiro atoms. The number of nitrogens with zero attached hydrogens (tertiary/aromatic N) is 3. The van der Waals surface area contributed by atoms with E-state index in [1.807, 2.05) is 22.9 Å². The lowest BCUT2D eigenvalue weighted by molar-refractivity contribution is -0.145. The van der Waals surface area contributed by atoms with Gasteiger partial charge in [0.05, 0.1) is 19.2 Å². The summed E-state index contributed by atoms with van der Waals surface area (Å²) in [5.74, 6) is -0.554. The summed E-state index contributed by atoms with van der Waals surface area (Å²) in [5.41, 5.74) is 1.80. The molecule has 2 heterocycles. The van der Waals surface area contributed by atoms with Crippen molar-refractivity contribution in [3.8, 4) is 0 Å². The summed E-state index contributed by atoms with van der Waals surface area (Å²) in [4.78, 5) is 29.7. The number of aromatic nitrogens is 2. The first-order valence-corrected chi connectivity index (χ1v) is 6.62. The Morgan fingerprint density at radius 3 is 2.95 bits per heavy atom. The Bertz CT molecular complexity index is 617. The van der Waals surface area contributed by atoms with Gasteiger partial charge in [0.25, 0.3) is 0 Å². The van der Waals surface area contributed by atoms with Crippen LogP contribution in [0, 0.1) is 6.92 Å². The maximum absolute atomic E-state index is 12.0. The number of fused-ring (bicyclic) bond motifs is 1. The molecule has 0 fully saturated rings. The number of thiazole rings is 1. The van der Waals surface area contributed by atoms with Crippen molar-refractivity contribution in [2.24, 2.45) is 0 Å². The summed E-state index contributed by atoms with van der Waals surface area (Å²) in [6.45, 7) is 1.88. The van der Waals surface area contributed by atoms with Crippen LogP contribution in [-0.4, -0.2) is 46.9 Å². The molecule has 2 rings (SSSR count). The Kier molecular flexibility index (Phi) is 3.84. The lowest BCUT2D eigenvalue weighted by Gasteiger charge is -2.15. The topological polar surface area (TPSA) is 63.9 Å². The molecule has 0 aromatic carbocycles. The number of rotatable bonds is 4. The third-order valence-electron chi connectivity index (χ3n) is 2.76. The predicted octanol–water partition coefficient (Wildman–Crippen LogP) is 0.878. The first kappa shape index (κ1) is 13.5. The fourth-order valence-electron chi connectivity index (χ4n) is 1.71. The van der Waals surface area contributed by atoms with E-state index in [-0.39, 0.29) is 18.9 Å². The molecule has 7 heteroatoms. The van der Waals surface area contributed by atoms with Gasteiger partial charge in [0.2, 0.25) is 5.91 Å². The number of ether oxygens (including phenoxy) is 1. The summed E-state index contributed by atoms with van der Waals surface area (Å²) >= 11 is 1.50. The standard InChI is InChI=1S/C12H15N3O3S/c1-8-5-15-9(7-19-12(15)13-8)4-10(16)14(2)6-11(17)18-3/h5,7H,4,6H2,1-3H3. The average molecular weight is 281 g/mol. The molecule has 0 radical (unpaired) electrons. The number of aryl methyl sites for hydroxylation is 1. The van der Waals surface area contributed by atoms with E-state index in [0.717, 1.165) is 16.3 Å². The molecule has 0 saturated heterocycles. The zero-order valence-corrected chi connectivity index (χ0v) is 11.9. The predicted molar refractivity (Wildman–Crippen MR) is 71.2 cm³/mol. The molecule has 0 aliphatic rings. The molecular formula is C12H15N3O3S. The highest BCUT2D eigenvalue weighted by Crippen LogP contribution is 2.17. The molecule has 2 aromatic heterocycles.